The van der Waals surface area contributed by atoms with E-state index in [4.69, 9.17) is 27.9 Å². The molecule has 0 unspecified atom stereocenters. The van der Waals surface area contributed by atoms with Crippen molar-refractivity contribution in [2.75, 3.05) is 19.1 Å². The molecule has 1 rings (SSSR count). The number of hydrogen-bond donors (Lipinski definition) is 1. The third-order valence-corrected chi connectivity index (χ3v) is 2.35. The molecule has 7 heteroatoms. The van der Waals surface area contributed by atoms with Gasteiger partial charge in [0.05, 0.1) is 19.4 Å². The highest BCUT2D eigenvalue weighted by Crippen LogP contribution is 2.27. The summed E-state index contributed by atoms with van der Waals surface area (Å²) in [5, 5.41) is 3.88. The van der Waals surface area contributed by atoms with Gasteiger partial charge in [0.15, 0.2) is 0 Å². The number of nitrogens with one attached hydrogen (secondary N) is 1. The lowest BCUT2D eigenvalue weighted by atomic mass is 10.3. The van der Waals surface area contributed by atoms with Crippen molar-refractivity contribution in [2.24, 2.45) is 5.10 Å². The predicted molar refractivity (Wildman–Crippen MR) is 71.5 cm³/mol. The topological polar surface area (TPSA) is 59.9 Å². The van der Waals surface area contributed by atoms with E-state index in [1.165, 1.54) is 7.11 Å². The molecule has 1 aromatic carbocycles. The van der Waals surface area contributed by atoms with Crippen LogP contribution in [0.25, 0.3) is 0 Å². The summed E-state index contributed by atoms with van der Waals surface area (Å²) >= 11 is 11.5. The highest BCUT2D eigenvalue weighted by molar-refractivity contribution is 6.82. The first-order valence-electron chi connectivity index (χ1n) is 5.08. The number of benzene rings is 1. The van der Waals surface area contributed by atoms with E-state index >= 15 is 0 Å². The Labute approximate surface area is 115 Å². The summed E-state index contributed by atoms with van der Waals surface area (Å²) in [5.74, 6) is -0.177. The number of rotatable bonds is 5. The van der Waals surface area contributed by atoms with Crippen LogP contribution in [0.1, 0.15) is 6.92 Å². The van der Waals surface area contributed by atoms with Gasteiger partial charge in [-0.2, -0.15) is 5.10 Å². The van der Waals surface area contributed by atoms with E-state index < -0.39 is 5.97 Å². The van der Waals surface area contributed by atoms with Gasteiger partial charge in [-0.15, -0.1) is 0 Å². The smallest absolute Gasteiger partial charge is 0.370 e. The Morgan fingerprint density at radius 1 is 1.50 bits per heavy atom. The van der Waals surface area contributed by atoms with Crippen LogP contribution in [-0.4, -0.2) is 24.9 Å². The zero-order chi connectivity index (χ0) is 13.5. The minimum Gasteiger partial charge on any atom is -0.495 e. The third kappa shape index (κ3) is 4.09. The van der Waals surface area contributed by atoms with Crippen LogP contribution in [0.4, 0.5) is 5.69 Å². The Bertz CT molecular complexity index is 464. The van der Waals surface area contributed by atoms with Gasteiger partial charge in [0.25, 0.3) is 0 Å². The number of carbonyl (C=O) groups is 1. The fraction of sp³-hybridized carbons (Fsp3) is 0.273. The molecule has 0 aromatic heterocycles. The zero-order valence-electron chi connectivity index (χ0n) is 9.87. The molecule has 0 radical (unpaired) electrons. The van der Waals surface area contributed by atoms with Gasteiger partial charge < -0.3 is 9.47 Å². The maximum Gasteiger partial charge on any atom is 0.370 e. The molecular formula is C11H12Cl2N2O3. The molecule has 5 nitrogen and oxygen atoms in total. The standard InChI is InChI=1S/C11H12Cl2N2O3/c1-3-18-11(16)10(13)15-14-8-6-7(12)4-5-9(8)17-2/h4-6,14H,3H2,1-2H3/b15-10+. The molecule has 98 valence electrons. The summed E-state index contributed by atoms with van der Waals surface area (Å²) in [6.07, 6.45) is 0. The number of anilines is 1. The fourth-order valence-electron chi connectivity index (χ4n) is 1.11. The normalized spacial score (nSPS) is 11.0. The highest BCUT2D eigenvalue weighted by atomic mass is 35.5. The molecule has 1 aromatic rings. The Balaban J connectivity index is 2.81. The van der Waals surface area contributed by atoms with Gasteiger partial charge in [-0.1, -0.05) is 23.2 Å². The summed E-state index contributed by atoms with van der Waals surface area (Å²) in [4.78, 5) is 11.2. The van der Waals surface area contributed by atoms with Crippen molar-refractivity contribution in [3.05, 3.63) is 23.2 Å². The van der Waals surface area contributed by atoms with Crippen LogP contribution in [0.2, 0.25) is 5.02 Å². The van der Waals surface area contributed by atoms with Crippen molar-refractivity contribution in [3.8, 4) is 5.75 Å². The maximum atomic E-state index is 11.2. The first kappa shape index (κ1) is 14.6. The maximum absolute atomic E-state index is 11.2. The lowest BCUT2D eigenvalue weighted by molar-refractivity contribution is -0.134. The molecule has 0 aliphatic rings. The number of hydrogen-bond acceptors (Lipinski definition) is 5. The van der Waals surface area contributed by atoms with E-state index in [1.54, 1.807) is 25.1 Å². The third-order valence-electron chi connectivity index (χ3n) is 1.88. The fourth-order valence-corrected chi connectivity index (χ4v) is 1.38. The SMILES string of the molecule is CCOC(=O)/C(Cl)=N\Nc1cc(Cl)ccc1OC. The van der Waals surface area contributed by atoms with Crippen molar-refractivity contribution in [2.45, 2.75) is 6.92 Å². The summed E-state index contributed by atoms with van der Waals surface area (Å²) in [7, 11) is 1.51. The number of esters is 1. The Hall–Kier alpha value is -1.46. The molecule has 0 spiro atoms. The molecule has 0 aliphatic carbocycles. The second kappa shape index (κ2) is 7.08. The summed E-state index contributed by atoms with van der Waals surface area (Å²) in [6.45, 7) is 1.90. The molecule has 0 heterocycles. The Morgan fingerprint density at radius 3 is 2.83 bits per heavy atom. The van der Waals surface area contributed by atoms with Crippen molar-refractivity contribution in [1.29, 1.82) is 0 Å². The van der Waals surface area contributed by atoms with Gasteiger partial charge in [0.1, 0.15) is 5.75 Å². The average molecular weight is 291 g/mol. The minimum atomic E-state index is -0.701. The van der Waals surface area contributed by atoms with Gasteiger partial charge in [0, 0.05) is 5.02 Å². The summed E-state index contributed by atoms with van der Waals surface area (Å²) < 4.78 is 9.76. The molecule has 1 N–H and O–H groups in total. The first-order valence-corrected chi connectivity index (χ1v) is 5.84. The number of carbonyl (C=O) groups excluding carboxylic acids is 1. The first-order chi connectivity index (χ1) is 8.58. The van der Waals surface area contributed by atoms with Crippen LogP contribution in [0.15, 0.2) is 23.3 Å². The number of nitrogens with zero attached hydrogens (tertiary/aromatic N) is 1. The van der Waals surface area contributed by atoms with Crippen LogP contribution in [0, 0.1) is 0 Å². The van der Waals surface area contributed by atoms with Gasteiger partial charge >= 0.3 is 5.97 Å². The van der Waals surface area contributed by atoms with Gasteiger partial charge in [-0.3, -0.25) is 5.43 Å². The van der Waals surface area contributed by atoms with Crippen molar-refractivity contribution < 1.29 is 14.3 Å². The van der Waals surface area contributed by atoms with Crippen molar-refractivity contribution in [3.63, 3.8) is 0 Å². The molecule has 0 bridgehead atoms. The number of ether oxygens (including phenoxy) is 2. The zero-order valence-corrected chi connectivity index (χ0v) is 11.4. The van der Waals surface area contributed by atoms with Crippen LogP contribution >= 0.6 is 23.2 Å². The second-order valence-corrected chi connectivity index (χ2v) is 3.87. The second-order valence-electron chi connectivity index (χ2n) is 3.08. The lowest BCUT2D eigenvalue weighted by Crippen LogP contribution is -2.13. The minimum absolute atomic E-state index is 0.227. The summed E-state index contributed by atoms with van der Waals surface area (Å²) in [5.41, 5.74) is 3.08. The molecule has 18 heavy (non-hydrogen) atoms. The van der Waals surface area contributed by atoms with Crippen LogP contribution in [0.3, 0.4) is 0 Å². The van der Waals surface area contributed by atoms with E-state index in [9.17, 15) is 4.79 Å². The van der Waals surface area contributed by atoms with Crippen molar-refractivity contribution in [1.82, 2.24) is 0 Å². The monoisotopic (exact) mass is 290 g/mol. The number of hydrazone groups is 1. The van der Waals surface area contributed by atoms with Gasteiger partial charge in [-0.25, -0.2) is 4.79 Å². The van der Waals surface area contributed by atoms with Gasteiger partial charge in [-0.05, 0) is 25.1 Å². The molecule has 0 saturated heterocycles. The van der Waals surface area contributed by atoms with Crippen molar-refractivity contribution >= 4 is 40.0 Å². The van der Waals surface area contributed by atoms with E-state index in [1.807, 2.05) is 0 Å². The molecule has 0 fully saturated rings. The van der Waals surface area contributed by atoms with Gasteiger partial charge in [0.2, 0.25) is 5.17 Å². The number of methoxy groups -OCH3 is 1. The molecule has 0 amide bonds. The molecule has 0 aliphatic heterocycles. The Kier molecular flexibility index (Phi) is 5.74. The summed E-state index contributed by atoms with van der Waals surface area (Å²) in [6, 6.07) is 4.93. The largest absolute Gasteiger partial charge is 0.495 e. The van der Waals surface area contributed by atoms with Crippen LogP contribution in [-0.2, 0) is 9.53 Å². The molecule has 0 atom stereocenters. The lowest BCUT2D eigenvalue weighted by Gasteiger charge is -2.08. The van der Waals surface area contributed by atoms with Crippen LogP contribution < -0.4 is 10.2 Å². The van der Waals surface area contributed by atoms with E-state index in [-0.39, 0.29) is 11.8 Å². The van der Waals surface area contributed by atoms with E-state index in [0.29, 0.717) is 16.5 Å². The molecule has 0 saturated carbocycles. The average Bonchev–Trinajstić information content (AvgIpc) is 2.36. The predicted octanol–water partition coefficient (Wildman–Crippen LogP) is 2.88. The Morgan fingerprint density at radius 2 is 2.22 bits per heavy atom. The number of halogens is 2. The van der Waals surface area contributed by atoms with E-state index in [2.05, 4.69) is 15.3 Å². The van der Waals surface area contributed by atoms with Crippen LogP contribution in [0.5, 0.6) is 5.75 Å². The molecular weight excluding hydrogens is 279 g/mol. The quantitative estimate of drug-likeness (QED) is 0.515. The highest BCUT2D eigenvalue weighted by Gasteiger charge is 2.10. The van der Waals surface area contributed by atoms with E-state index in [0.717, 1.165) is 0 Å².